The van der Waals surface area contributed by atoms with Gasteiger partial charge in [0.1, 0.15) is 5.76 Å². The van der Waals surface area contributed by atoms with Gasteiger partial charge in [0.2, 0.25) is 5.89 Å². The Bertz CT molecular complexity index is 697. The monoisotopic (exact) mass is 335 g/mol. The van der Waals surface area contributed by atoms with Crippen molar-refractivity contribution in [3.8, 4) is 0 Å². The molecule has 1 atom stereocenters. The molecular formula is C18H23F2N3O. The summed E-state index contributed by atoms with van der Waals surface area (Å²) in [6, 6.07) is 4.43. The third-order valence-corrected chi connectivity index (χ3v) is 4.66. The molecule has 0 spiro atoms. The van der Waals surface area contributed by atoms with E-state index in [1.807, 2.05) is 13.8 Å². The number of aromatic nitrogens is 1. The van der Waals surface area contributed by atoms with Crippen LogP contribution in [-0.4, -0.2) is 41.0 Å². The van der Waals surface area contributed by atoms with Crippen molar-refractivity contribution in [3.05, 3.63) is 52.7 Å². The van der Waals surface area contributed by atoms with Crippen molar-refractivity contribution in [2.45, 2.75) is 39.4 Å². The van der Waals surface area contributed by atoms with Crippen LogP contribution in [-0.2, 0) is 13.1 Å². The number of hydrogen-bond acceptors (Lipinski definition) is 4. The average Bonchev–Trinajstić information content (AvgIpc) is 3.09. The van der Waals surface area contributed by atoms with Crippen LogP contribution in [0.3, 0.4) is 0 Å². The van der Waals surface area contributed by atoms with Crippen LogP contribution in [0.15, 0.2) is 22.6 Å². The molecule has 0 amide bonds. The number of rotatable bonds is 5. The fourth-order valence-electron chi connectivity index (χ4n) is 3.18. The van der Waals surface area contributed by atoms with Gasteiger partial charge in [-0.1, -0.05) is 6.07 Å². The molecule has 0 aliphatic carbocycles. The molecular weight excluding hydrogens is 312 g/mol. The molecule has 1 saturated heterocycles. The molecule has 130 valence electrons. The van der Waals surface area contributed by atoms with Crippen LogP contribution in [0.25, 0.3) is 0 Å². The van der Waals surface area contributed by atoms with Crippen LogP contribution in [0, 0.1) is 25.5 Å². The summed E-state index contributed by atoms with van der Waals surface area (Å²) >= 11 is 0. The Kier molecular flexibility index (Phi) is 4.96. The second-order valence-electron chi connectivity index (χ2n) is 6.61. The Hall–Kier alpha value is -1.79. The number of halogens is 2. The lowest BCUT2D eigenvalue weighted by atomic mass is 10.1. The minimum absolute atomic E-state index is 0.343. The Morgan fingerprint density at radius 1 is 1.25 bits per heavy atom. The molecule has 0 saturated carbocycles. The first-order valence-electron chi connectivity index (χ1n) is 8.22. The SMILES string of the molecule is Cc1nc(CN(Cc2ccc(F)c(F)c2)[C@@H]2CCN(C)C2)oc1C. The predicted octanol–water partition coefficient (Wildman–Crippen LogP) is 3.28. The fraction of sp³-hybridized carbons (Fsp3) is 0.500. The van der Waals surface area contributed by atoms with E-state index in [1.165, 1.54) is 12.1 Å². The number of aryl methyl sites for hydroxylation is 2. The summed E-state index contributed by atoms with van der Waals surface area (Å²) in [6.07, 6.45) is 1.04. The molecule has 1 fully saturated rings. The zero-order valence-electron chi connectivity index (χ0n) is 14.4. The van der Waals surface area contributed by atoms with Crippen molar-refractivity contribution >= 4 is 0 Å². The first-order chi connectivity index (χ1) is 11.4. The molecule has 4 nitrogen and oxygen atoms in total. The van der Waals surface area contributed by atoms with E-state index in [0.717, 1.165) is 36.5 Å². The molecule has 0 N–H and O–H groups in total. The normalized spacial score (nSPS) is 18.7. The summed E-state index contributed by atoms with van der Waals surface area (Å²) in [6.45, 7) is 6.90. The van der Waals surface area contributed by atoms with Gasteiger partial charge >= 0.3 is 0 Å². The first kappa shape index (κ1) is 17.0. The molecule has 2 heterocycles. The number of likely N-dealkylation sites (tertiary alicyclic amines) is 1. The summed E-state index contributed by atoms with van der Waals surface area (Å²) in [5, 5.41) is 0. The topological polar surface area (TPSA) is 32.5 Å². The quantitative estimate of drug-likeness (QED) is 0.839. The van der Waals surface area contributed by atoms with Gasteiger partial charge in [-0.2, -0.15) is 0 Å². The van der Waals surface area contributed by atoms with Gasteiger partial charge in [-0.25, -0.2) is 13.8 Å². The van der Waals surface area contributed by atoms with Crippen molar-refractivity contribution in [1.82, 2.24) is 14.8 Å². The molecule has 0 unspecified atom stereocenters. The van der Waals surface area contributed by atoms with Gasteiger partial charge in [-0.3, -0.25) is 4.90 Å². The summed E-state index contributed by atoms with van der Waals surface area (Å²) in [5.41, 5.74) is 1.64. The van der Waals surface area contributed by atoms with E-state index in [2.05, 4.69) is 21.8 Å². The second kappa shape index (κ2) is 6.99. The molecule has 24 heavy (non-hydrogen) atoms. The highest BCUT2D eigenvalue weighted by Gasteiger charge is 2.27. The Morgan fingerprint density at radius 3 is 2.62 bits per heavy atom. The van der Waals surface area contributed by atoms with E-state index >= 15 is 0 Å². The lowest BCUT2D eigenvalue weighted by Gasteiger charge is -2.27. The largest absolute Gasteiger partial charge is 0.444 e. The van der Waals surface area contributed by atoms with E-state index < -0.39 is 11.6 Å². The zero-order valence-corrected chi connectivity index (χ0v) is 14.4. The van der Waals surface area contributed by atoms with Crippen LogP contribution < -0.4 is 0 Å². The molecule has 0 bridgehead atoms. The predicted molar refractivity (Wildman–Crippen MR) is 87.5 cm³/mol. The van der Waals surface area contributed by atoms with E-state index in [0.29, 0.717) is 25.0 Å². The fourth-order valence-corrected chi connectivity index (χ4v) is 3.18. The van der Waals surface area contributed by atoms with E-state index in [1.54, 1.807) is 6.07 Å². The highest BCUT2D eigenvalue weighted by atomic mass is 19.2. The van der Waals surface area contributed by atoms with Gasteiger partial charge in [-0.05, 0) is 51.6 Å². The Labute approximate surface area is 141 Å². The number of benzene rings is 1. The maximum absolute atomic E-state index is 13.5. The highest BCUT2D eigenvalue weighted by molar-refractivity contribution is 5.18. The van der Waals surface area contributed by atoms with Crippen molar-refractivity contribution < 1.29 is 13.2 Å². The molecule has 3 rings (SSSR count). The van der Waals surface area contributed by atoms with Crippen LogP contribution >= 0.6 is 0 Å². The third-order valence-electron chi connectivity index (χ3n) is 4.66. The minimum Gasteiger partial charge on any atom is -0.444 e. The van der Waals surface area contributed by atoms with E-state index in [4.69, 9.17) is 4.42 Å². The lowest BCUT2D eigenvalue weighted by Crippen LogP contribution is -2.36. The van der Waals surface area contributed by atoms with Gasteiger partial charge in [0.15, 0.2) is 11.6 Å². The van der Waals surface area contributed by atoms with Crippen molar-refractivity contribution in [3.63, 3.8) is 0 Å². The van der Waals surface area contributed by atoms with E-state index in [-0.39, 0.29) is 0 Å². The molecule has 0 radical (unpaired) electrons. The number of likely N-dealkylation sites (N-methyl/N-ethyl adjacent to an activating group) is 1. The van der Waals surface area contributed by atoms with Crippen LogP contribution in [0.4, 0.5) is 8.78 Å². The van der Waals surface area contributed by atoms with Crippen molar-refractivity contribution in [2.24, 2.45) is 0 Å². The van der Waals surface area contributed by atoms with Crippen LogP contribution in [0.2, 0.25) is 0 Å². The molecule has 1 aliphatic heterocycles. The molecule has 1 aromatic heterocycles. The standard InChI is InChI=1S/C18H23F2N3O/c1-12-13(2)24-18(21-12)11-23(15-6-7-22(3)10-15)9-14-4-5-16(19)17(20)8-14/h4-5,8,15H,6-7,9-11H2,1-3H3/t15-/m1/s1. The molecule has 6 heteroatoms. The number of nitrogens with zero attached hydrogens (tertiary/aromatic N) is 3. The number of hydrogen-bond donors (Lipinski definition) is 0. The second-order valence-corrected chi connectivity index (χ2v) is 6.61. The highest BCUT2D eigenvalue weighted by Crippen LogP contribution is 2.21. The Balaban J connectivity index is 1.79. The van der Waals surface area contributed by atoms with Gasteiger partial charge in [0, 0.05) is 19.1 Å². The summed E-state index contributed by atoms with van der Waals surface area (Å²) in [7, 11) is 2.09. The van der Waals surface area contributed by atoms with Crippen molar-refractivity contribution in [1.29, 1.82) is 0 Å². The average molecular weight is 335 g/mol. The summed E-state index contributed by atoms with van der Waals surface area (Å²) < 4.78 is 32.4. The first-order valence-corrected chi connectivity index (χ1v) is 8.22. The Morgan fingerprint density at radius 2 is 2.04 bits per heavy atom. The van der Waals surface area contributed by atoms with Crippen LogP contribution in [0.5, 0.6) is 0 Å². The molecule has 1 aliphatic rings. The van der Waals surface area contributed by atoms with Gasteiger partial charge in [0.05, 0.1) is 12.2 Å². The number of oxazole rings is 1. The minimum atomic E-state index is -0.815. The maximum atomic E-state index is 13.5. The molecule has 2 aromatic rings. The van der Waals surface area contributed by atoms with E-state index in [9.17, 15) is 8.78 Å². The smallest absolute Gasteiger partial charge is 0.208 e. The maximum Gasteiger partial charge on any atom is 0.208 e. The summed E-state index contributed by atoms with van der Waals surface area (Å²) in [4.78, 5) is 8.97. The van der Waals surface area contributed by atoms with Gasteiger partial charge in [-0.15, -0.1) is 0 Å². The third kappa shape index (κ3) is 3.82. The van der Waals surface area contributed by atoms with Crippen LogP contribution in [0.1, 0.15) is 29.3 Å². The van der Waals surface area contributed by atoms with Gasteiger partial charge in [0.25, 0.3) is 0 Å². The molecule has 1 aromatic carbocycles. The summed E-state index contributed by atoms with van der Waals surface area (Å²) in [5.74, 6) is -0.132. The van der Waals surface area contributed by atoms with Crippen molar-refractivity contribution in [2.75, 3.05) is 20.1 Å². The zero-order chi connectivity index (χ0) is 17.3. The lowest BCUT2D eigenvalue weighted by molar-refractivity contribution is 0.163. The van der Waals surface area contributed by atoms with Gasteiger partial charge < -0.3 is 9.32 Å².